The number of rotatable bonds is 2. The van der Waals surface area contributed by atoms with Gasteiger partial charge in [0, 0.05) is 11.1 Å². The summed E-state index contributed by atoms with van der Waals surface area (Å²) in [4.78, 5) is 19.4. The molecule has 4 nitrogen and oxygen atoms in total. The topological polar surface area (TPSA) is 55.6 Å². The first-order valence-electron chi connectivity index (χ1n) is 6.63. The van der Waals surface area contributed by atoms with E-state index < -0.39 is 0 Å². The molecule has 0 unspecified atom stereocenters. The summed E-state index contributed by atoms with van der Waals surface area (Å²) in [7, 11) is 0. The van der Waals surface area contributed by atoms with E-state index in [1.165, 1.54) is 0 Å². The Hall–Kier alpha value is -2.85. The van der Waals surface area contributed by atoms with Crippen molar-refractivity contribution in [1.29, 1.82) is 0 Å². The number of anilines is 2. The van der Waals surface area contributed by atoms with E-state index in [1.807, 2.05) is 54.6 Å². The molecule has 0 aliphatic carbocycles. The van der Waals surface area contributed by atoms with Gasteiger partial charge in [0.1, 0.15) is 0 Å². The number of nitrogens with two attached hydrogens (primary N) is 1. The first-order valence-corrected chi connectivity index (χ1v) is 6.63. The standard InChI is InChI=1S/C17H12N2O2/c18-21-14-10-9-11-5-4-8-13-15(11)16(14)17(20)19(13)12-6-2-1-3-7-12/h1-10H,18H2. The first kappa shape index (κ1) is 11.9. The van der Waals surface area contributed by atoms with Crippen molar-refractivity contribution in [2.24, 2.45) is 5.90 Å². The smallest absolute Gasteiger partial charge is 0.267 e. The summed E-state index contributed by atoms with van der Waals surface area (Å²) >= 11 is 0. The zero-order chi connectivity index (χ0) is 14.4. The van der Waals surface area contributed by atoms with Gasteiger partial charge < -0.3 is 4.84 Å². The van der Waals surface area contributed by atoms with Crippen molar-refractivity contribution in [2.45, 2.75) is 0 Å². The third-order valence-corrected chi connectivity index (χ3v) is 3.78. The summed E-state index contributed by atoms with van der Waals surface area (Å²) in [6.07, 6.45) is 0. The quantitative estimate of drug-likeness (QED) is 0.730. The minimum Gasteiger partial charge on any atom is -0.411 e. The van der Waals surface area contributed by atoms with Crippen LogP contribution in [0.15, 0.2) is 60.7 Å². The predicted molar refractivity (Wildman–Crippen MR) is 81.7 cm³/mol. The average Bonchev–Trinajstić information content (AvgIpc) is 2.84. The van der Waals surface area contributed by atoms with Gasteiger partial charge in [0.15, 0.2) is 5.75 Å². The van der Waals surface area contributed by atoms with Crippen molar-refractivity contribution >= 4 is 28.1 Å². The van der Waals surface area contributed by atoms with Gasteiger partial charge in [-0.3, -0.25) is 9.69 Å². The lowest BCUT2D eigenvalue weighted by atomic mass is 10.0. The average molecular weight is 276 g/mol. The Morgan fingerprint density at radius 3 is 2.48 bits per heavy atom. The van der Waals surface area contributed by atoms with Crippen molar-refractivity contribution in [3.8, 4) is 5.75 Å². The van der Waals surface area contributed by atoms with Crippen molar-refractivity contribution in [3.63, 3.8) is 0 Å². The Bertz CT molecular complexity index is 859. The molecule has 1 aliphatic rings. The summed E-state index contributed by atoms with van der Waals surface area (Å²) in [5, 5.41) is 1.88. The van der Waals surface area contributed by atoms with Crippen LogP contribution < -0.4 is 15.6 Å². The Kier molecular flexibility index (Phi) is 2.46. The molecule has 0 radical (unpaired) electrons. The molecule has 0 fully saturated rings. The second-order valence-electron chi connectivity index (χ2n) is 4.91. The zero-order valence-corrected chi connectivity index (χ0v) is 11.1. The maximum atomic E-state index is 12.8. The molecule has 0 bridgehead atoms. The van der Waals surface area contributed by atoms with Crippen LogP contribution in [0.5, 0.6) is 5.75 Å². The second kappa shape index (κ2) is 4.33. The van der Waals surface area contributed by atoms with Crippen LogP contribution in [-0.2, 0) is 0 Å². The monoisotopic (exact) mass is 276 g/mol. The first-order chi connectivity index (χ1) is 10.3. The van der Waals surface area contributed by atoms with E-state index in [9.17, 15) is 4.79 Å². The van der Waals surface area contributed by atoms with Crippen LogP contribution >= 0.6 is 0 Å². The number of hydrogen-bond acceptors (Lipinski definition) is 3. The molecule has 3 aromatic carbocycles. The molecule has 0 atom stereocenters. The van der Waals surface area contributed by atoms with Crippen molar-refractivity contribution < 1.29 is 9.63 Å². The number of benzene rings is 3. The highest BCUT2D eigenvalue weighted by Crippen LogP contribution is 2.44. The fourth-order valence-electron chi connectivity index (χ4n) is 2.89. The van der Waals surface area contributed by atoms with Gasteiger partial charge in [-0.2, -0.15) is 5.90 Å². The second-order valence-corrected chi connectivity index (χ2v) is 4.91. The molecule has 0 aromatic heterocycles. The molecule has 4 heteroatoms. The maximum Gasteiger partial charge on any atom is 0.267 e. The molecule has 1 amide bonds. The maximum absolute atomic E-state index is 12.8. The third-order valence-electron chi connectivity index (χ3n) is 3.78. The van der Waals surface area contributed by atoms with Gasteiger partial charge in [0.2, 0.25) is 0 Å². The van der Waals surface area contributed by atoms with Crippen molar-refractivity contribution in [1.82, 2.24) is 0 Å². The molecule has 21 heavy (non-hydrogen) atoms. The van der Waals surface area contributed by atoms with E-state index in [1.54, 1.807) is 11.0 Å². The highest BCUT2D eigenvalue weighted by atomic mass is 16.6. The molecule has 4 rings (SSSR count). The van der Waals surface area contributed by atoms with Gasteiger partial charge in [-0.15, -0.1) is 0 Å². The Labute approximate surface area is 121 Å². The van der Waals surface area contributed by atoms with Crippen LogP contribution in [0.25, 0.3) is 10.8 Å². The molecule has 0 spiro atoms. The van der Waals surface area contributed by atoms with Gasteiger partial charge in [0.25, 0.3) is 5.91 Å². The number of carbonyl (C=O) groups is 1. The Morgan fingerprint density at radius 2 is 1.71 bits per heavy atom. The third kappa shape index (κ3) is 1.57. The van der Waals surface area contributed by atoms with Gasteiger partial charge >= 0.3 is 0 Å². The van der Waals surface area contributed by atoms with Gasteiger partial charge in [-0.05, 0) is 29.7 Å². The summed E-state index contributed by atoms with van der Waals surface area (Å²) in [5.41, 5.74) is 2.21. The number of amides is 1. The van der Waals surface area contributed by atoms with Crippen LogP contribution in [-0.4, -0.2) is 5.91 Å². The van der Waals surface area contributed by atoms with Crippen molar-refractivity contribution in [3.05, 3.63) is 66.2 Å². The molecule has 102 valence electrons. The minimum atomic E-state index is -0.117. The van der Waals surface area contributed by atoms with Crippen LogP contribution in [0.2, 0.25) is 0 Å². The number of para-hydroxylation sites is 1. The molecular weight excluding hydrogens is 264 g/mol. The summed E-state index contributed by atoms with van der Waals surface area (Å²) in [5.74, 6) is 5.60. The minimum absolute atomic E-state index is 0.117. The lowest BCUT2D eigenvalue weighted by Gasteiger charge is -2.17. The van der Waals surface area contributed by atoms with E-state index in [0.29, 0.717) is 11.3 Å². The highest BCUT2D eigenvalue weighted by Gasteiger charge is 2.33. The van der Waals surface area contributed by atoms with Gasteiger partial charge in [-0.1, -0.05) is 36.4 Å². The highest BCUT2D eigenvalue weighted by molar-refractivity contribution is 6.29. The van der Waals surface area contributed by atoms with Gasteiger partial charge in [-0.25, -0.2) is 0 Å². The summed E-state index contributed by atoms with van der Waals surface area (Å²) in [6.45, 7) is 0. The number of nitrogens with zero attached hydrogens (tertiary/aromatic N) is 1. The summed E-state index contributed by atoms with van der Waals surface area (Å²) < 4.78 is 0. The molecule has 2 N–H and O–H groups in total. The lowest BCUT2D eigenvalue weighted by Crippen LogP contribution is -2.21. The Morgan fingerprint density at radius 1 is 0.905 bits per heavy atom. The number of carbonyl (C=O) groups excluding carboxylic acids is 1. The number of hydrogen-bond donors (Lipinski definition) is 1. The van der Waals surface area contributed by atoms with Crippen LogP contribution in [0.1, 0.15) is 10.4 Å². The molecule has 1 aliphatic heterocycles. The largest absolute Gasteiger partial charge is 0.411 e. The van der Waals surface area contributed by atoms with Crippen LogP contribution in [0, 0.1) is 0 Å². The van der Waals surface area contributed by atoms with E-state index in [4.69, 9.17) is 10.7 Å². The Balaban J connectivity index is 2.05. The van der Waals surface area contributed by atoms with E-state index in [2.05, 4.69) is 0 Å². The fourth-order valence-corrected chi connectivity index (χ4v) is 2.89. The van der Waals surface area contributed by atoms with Crippen LogP contribution in [0.4, 0.5) is 11.4 Å². The predicted octanol–water partition coefficient (Wildman–Crippen LogP) is 3.38. The summed E-state index contributed by atoms with van der Waals surface area (Å²) in [6, 6.07) is 19.1. The zero-order valence-electron chi connectivity index (χ0n) is 11.1. The van der Waals surface area contributed by atoms with E-state index in [0.717, 1.165) is 22.1 Å². The van der Waals surface area contributed by atoms with Crippen LogP contribution in [0.3, 0.4) is 0 Å². The van der Waals surface area contributed by atoms with E-state index in [-0.39, 0.29) is 5.91 Å². The normalized spacial score (nSPS) is 13.0. The molecular formula is C17H12N2O2. The van der Waals surface area contributed by atoms with Crippen molar-refractivity contribution in [2.75, 3.05) is 4.90 Å². The fraction of sp³-hybridized carbons (Fsp3) is 0. The molecule has 3 aromatic rings. The van der Waals surface area contributed by atoms with E-state index >= 15 is 0 Å². The SMILES string of the molecule is NOc1ccc2cccc3c2c1C(=O)N3c1ccccc1. The lowest BCUT2D eigenvalue weighted by molar-refractivity contribution is 0.100. The molecule has 0 saturated heterocycles. The molecule has 1 heterocycles. The van der Waals surface area contributed by atoms with Gasteiger partial charge in [0.05, 0.1) is 11.3 Å². The molecule has 0 saturated carbocycles.